The van der Waals surface area contributed by atoms with Crippen LogP contribution >= 0.6 is 0 Å². The largest absolute Gasteiger partial charge is 0.428 e. The van der Waals surface area contributed by atoms with Gasteiger partial charge in [-0.25, -0.2) is 9.59 Å². The Kier molecular flexibility index (Phi) is 3.80. The lowest BCUT2D eigenvalue weighted by Gasteiger charge is -2.05. The van der Waals surface area contributed by atoms with Crippen molar-refractivity contribution in [3.8, 4) is 0 Å². The van der Waals surface area contributed by atoms with Gasteiger partial charge >= 0.3 is 11.8 Å². The Morgan fingerprint density at radius 2 is 1.87 bits per heavy atom. The summed E-state index contributed by atoms with van der Waals surface area (Å²) in [5.74, 6) is -0.929. The van der Waals surface area contributed by atoms with E-state index < -0.39 is 11.8 Å². The van der Waals surface area contributed by atoms with Crippen molar-refractivity contribution >= 4 is 22.9 Å². The van der Waals surface area contributed by atoms with Gasteiger partial charge in [0.2, 0.25) is 0 Å². The van der Waals surface area contributed by atoms with Crippen LogP contribution in [0.4, 0.5) is 4.79 Å². The zero-order valence-electron chi connectivity index (χ0n) is 12.4. The van der Waals surface area contributed by atoms with Gasteiger partial charge < -0.3 is 9.73 Å². The zero-order chi connectivity index (χ0) is 16.4. The molecule has 1 amide bonds. The van der Waals surface area contributed by atoms with Crippen molar-refractivity contribution in [3.05, 3.63) is 70.2 Å². The van der Waals surface area contributed by atoms with Gasteiger partial charge in [0.1, 0.15) is 0 Å². The first-order valence-corrected chi connectivity index (χ1v) is 7.05. The van der Waals surface area contributed by atoms with Crippen molar-refractivity contribution in [2.45, 2.75) is 13.5 Å². The molecule has 0 aliphatic heterocycles. The van der Waals surface area contributed by atoms with Gasteiger partial charge in [-0.3, -0.25) is 4.79 Å². The maximum absolute atomic E-state index is 12.3. The molecule has 1 heterocycles. The minimum atomic E-state index is -0.786. The van der Waals surface area contributed by atoms with Crippen molar-refractivity contribution in [2.24, 2.45) is 0 Å². The molecule has 0 aliphatic carbocycles. The van der Waals surface area contributed by atoms with E-state index in [-0.39, 0.29) is 11.4 Å². The number of hydrogen-bond acceptors (Lipinski definition) is 4. The van der Waals surface area contributed by atoms with E-state index in [1.54, 1.807) is 6.07 Å². The van der Waals surface area contributed by atoms with Crippen LogP contribution in [-0.2, 0) is 6.54 Å². The second-order valence-corrected chi connectivity index (χ2v) is 5.09. The van der Waals surface area contributed by atoms with Gasteiger partial charge in [-0.1, -0.05) is 30.3 Å². The molecule has 3 rings (SSSR count). The number of amides is 1. The topological polar surface area (TPSA) is 81.3 Å². The number of fused-ring (bicyclic) bond motifs is 1. The third kappa shape index (κ3) is 2.91. The van der Waals surface area contributed by atoms with Gasteiger partial charge in [0.25, 0.3) is 0 Å². The fourth-order valence-corrected chi connectivity index (χ4v) is 2.28. The van der Waals surface area contributed by atoms with E-state index in [0.29, 0.717) is 17.6 Å². The van der Waals surface area contributed by atoms with Gasteiger partial charge in [0, 0.05) is 12.1 Å². The van der Waals surface area contributed by atoms with Gasteiger partial charge in [-0.15, -0.1) is 0 Å². The fourth-order valence-electron chi connectivity index (χ4n) is 2.28. The van der Waals surface area contributed by atoms with E-state index in [2.05, 4.69) is 5.32 Å². The Labute approximate surface area is 131 Å². The van der Waals surface area contributed by atoms with Crippen molar-refractivity contribution in [3.63, 3.8) is 0 Å². The average molecular weight is 310 g/mol. The molecule has 0 spiro atoms. The monoisotopic (exact) mass is 310 g/mol. The molecule has 3 aromatic rings. The van der Waals surface area contributed by atoms with Crippen LogP contribution in [0.5, 0.6) is 0 Å². The molecule has 0 bridgehead atoms. The molecule has 2 aromatic carbocycles. The van der Waals surface area contributed by atoms with Crippen LogP contribution in [0.15, 0.2) is 57.7 Å². The third-order valence-electron chi connectivity index (χ3n) is 3.48. The molecular formula is C17H14N2O4. The summed E-state index contributed by atoms with van der Waals surface area (Å²) >= 11 is 0. The number of carbonyl (C=O) groups is 2. The summed E-state index contributed by atoms with van der Waals surface area (Å²) in [6.07, 6.45) is 0. The van der Waals surface area contributed by atoms with Crippen molar-refractivity contribution < 1.29 is 14.0 Å². The number of aromatic nitrogens is 1. The molecular weight excluding hydrogens is 296 g/mol. The van der Waals surface area contributed by atoms with Gasteiger partial charge in [-0.05, 0) is 30.7 Å². The molecule has 0 atom stereocenters. The van der Waals surface area contributed by atoms with Gasteiger partial charge in [0.05, 0.1) is 5.52 Å². The van der Waals surface area contributed by atoms with Crippen LogP contribution in [-0.4, -0.2) is 16.4 Å². The molecule has 0 radical (unpaired) electrons. The Morgan fingerprint density at radius 3 is 2.57 bits per heavy atom. The normalized spacial score (nSPS) is 10.7. The maximum atomic E-state index is 12.3. The molecule has 0 aliphatic rings. The Bertz CT molecular complexity index is 938. The molecule has 0 fully saturated rings. The first-order chi connectivity index (χ1) is 11.1. The zero-order valence-corrected chi connectivity index (χ0v) is 12.4. The molecule has 0 saturated heterocycles. The number of Topliss-reactive ketones (excluding diaryl/α,β-unsaturated/α-hetero) is 1. The second-order valence-electron chi connectivity index (χ2n) is 5.09. The number of benzene rings is 2. The fraction of sp³-hybridized carbons (Fsp3) is 0.118. The first kappa shape index (κ1) is 14.8. The molecule has 1 aromatic heterocycles. The van der Waals surface area contributed by atoms with E-state index >= 15 is 0 Å². The predicted octanol–water partition coefficient (Wildman–Crippen LogP) is 2.56. The summed E-state index contributed by atoms with van der Waals surface area (Å²) in [6.45, 7) is 1.72. The smallest absolute Gasteiger partial charge is 0.407 e. The van der Waals surface area contributed by atoms with Crippen LogP contribution in [0.1, 0.15) is 22.8 Å². The summed E-state index contributed by atoms with van der Waals surface area (Å²) in [6, 6.07) is 13.3. The van der Waals surface area contributed by atoms with E-state index in [0.717, 1.165) is 10.1 Å². The molecule has 0 unspecified atom stereocenters. The summed E-state index contributed by atoms with van der Waals surface area (Å²) in [5, 5.41) is 2.67. The number of oxazole rings is 1. The number of rotatable bonds is 3. The summed E-state index contributed by atoms with van der Waals surface area (Å²) < 4.78 is 5.98. The van der Waals surface area contributed by atoms with Crippen LogP contribution in [0.2, 0.25) is 0 Å². The highest BCUT2D eigenvalue weighted by Gasteiger charge is 2.16. The SMILES string of the molecule is CC(=O)c1ccc2c(c1)oc(=O)n2C(=O)NCc1ccccc1. The second kappa shape index (κ2) is 5.92. The van der Waals surface area contributed by atoms with Crippen LogP contribution in [0.25, 0.3) is 11.1 Å². The molecule has 1 N–H and O–H groups in total. The van der Waals surface area contributed by atoms with Crippen LogP contribution in [0.3, 0.4) is 0 Å². The Morgan fingerprint density at radius 1 is 1.13 bits per heavy atom. The number of carbonyl (C=O) groups excluding carboxylic acids is 2. The first-order valence-electron chi connectivity index (χ1n) is 7.05. The third-order valence-corrected chi connectivity index (χ3v) is 3.48. The average Bonchev–Trinajstić information content (AvgIpc) is 2.88. The molecule has 0 saturated carbocycles. The Hall–Kier alpha value is -3.15. The van der Waals surface area contributed by atoms with E-state index in [1.807, 2.05) is 30.3 Å². The molecule has 116 valence electrons. The quantitative estimate of drug-likeness (QED) is 0.754. The van der Waals surface area contributed by atoms with Crippen molar-refractivity contribution in [1.29, 1.82) is 0 Å². The molecule has 6 heteroatoms. The van der Waals surface area contributed by atoms with E-state index in [1.165, 1.54) is 19.1 Å². The summed E-state index contributed by atoms with van der Waals surface area (Å²) in [4.78, 5) is 35.5. The van der Waals surface area contributed by atoms with Gasteiger partial charge in [0.15, 0.2) is 11.4 Å². The predicted molar refractivity (Wildman–Crippen MR) is 84.6 cm³/mol. The highest BCUT2D eigenvalue weighted by molar-refractivity contribution is 5.98. The summed E-state index contributed by atoms with van der Waals surface area (Å²) in [7, 11) is 0. The number of nitrogens with one attached hydrogen (secondary N) is 1. The lowest BCUT2D eigenvalue weighted by Crippen LogP contribution is -2.33. The molecule has 23 heavy (non-hydrogen) atoms. The van der Waals surface area contributed by atoms with Crippen molar-refractivity contribution in [1.82, 2.24) is 9.88 Å². The highest BCUT2D eigenvalue weighted by atomic mass is 16.4. The van der Waals surface area contributed by atoms with Crippen molar-refractivity contribution in [2.75, 3.05) is 0 Å². The Balaban J connectivity index is 1.90. The number of nitrogens with zero attached hydrogens (tertiary/aromatic N) is 1. The minimum Gasteiger partial charge on any atom is -0.407 e. The number of hydrogen-bond donors (Lipinski definition) is 1. The minimum absolute atomic E-state index is 0.143. The number of ketones is 1. The van der Waals surface area contributed by atoms with E-state index in [9.17, 15) is 14.4 Å². The standard InChI is InChI=1S/C17H14N2O4/c1-11(20)13-7-8-14-15(9-13)23-17(22)19(14)16(21)18-10-12-5-3-2-4-6-12/h2-9H,10H2,1H3,(H,18,21). The molecule has 6 nitrogen and oxygen atoms in total. The highest BCUT2D eigenvalue weighted by Crippen LogP contribution is 2.15. The van der Waals surface area contributed by atoms with Crippen LogP contribution < -0.4 is 11.1 Å². The summed E-state index contributed by atoms with van der Waals surface area (Å²) in [5.41, 5.74) is 1.87. The van der Waals surface area contributed by atoms with Crippen LogP contribution in [0, 0.1) is 0 Å². The van der Waals surface area contributed by atoms with Gasteiger partial charge in [-0.2, -0.15) is 4.57 Å². The maximum Gasteiger partial charge on any atom is 0.428 e. The van der Waals surface area contributed by atoms with E-state index in [4.69, 9.17) is 4.42 Å². The lowest BCUT2D eigenvalue weighted by molar-refractivity contribution is 0.101. The lowest BCUT2D eigenvalue weighted by atomic mass is 10.1.